The molecule has 2 nitrogen and oxygen atoms in total. The van der Waals surface area contributed by atoms with Crippen molar-refractivity contribution in [3.05, 3.63) is 12.2 Å². The summed E-state index contributed by atoms with van der Waals surface area (Å²) in [7, 11) is 0. The number of rotatable bonds is 12. The van der Waals surface area contributed by atoms with E-state index < -0.39 is 0 Å². The van der Waals surface area contributed by atoms with Gasteiger partial charge in [-0.15, -0.1) is 0 Å². The highest BCUT2D eigenvalue weighted by Gasteiger charge is 2.40. The Morgan fingerprint density at radius 3 is 2.09 bits per heavy atom. The van der Waals surface area contributed by atoms with Crippen LogP contribution in [0.4, 0.5) is 0 Å². The minimum absolute atomic E-state index is 0.0628. The molecule has 22 heavy (non-hydrogen) atoms. The second kappa shape index (κ2) is 10.1. The SMILES string of the molecule is CCCCCCCCCCCCOC(=O)C1C[C@@H]2C=C[C@H]1C2. The van der Waals surface area contributed by atoms with E-state index in [1.807, 2.05) is 0 Å². The van der Waals surface area contributed by atoms with Gasteiger partial charge in [-0.2, -0.15) is 0 Å². The lowest BCUT2D eigenvalue weighted by atomic mass is 9.94. The predicted molar refractivity (Wildman–Crippen MR) is 91.6 cm³/mol. The third-order valence-corrected chi connectivity index (χ3v) is 5.32. The third-order valence-electron chi connectivity index (χ3n) is 5.32. The highest BCUT2D eigenvalue weighted by molar-refractivity contribution is 5.74. The Balaban J connectivity index is 1.37. The number of hydrogen-bond acceptors (Lipinski definition) is 2. The third kappa shape index (κ3) is 5.78. The number of ether oxygens (including phenoxy) is 1. The first-order chi connectivity index (χ1) is 10.8. The van der Waals surface area contributed by atoms with Gasteiger partial charge < -0.3 is 4.74 Å². The van der Waals surface area contributed by atoms with Gasteiger partial charge in [-0.25, -0.2) is 0 Å². The summed E-state index contributed by atoms with van der Waals surface area (Å²) in [4.78, 5) is 12.0. The first-order valence-corrected chi connectivity index (χ1v) is 9.66. The molecule has 0 saturated heterocycles. The van der Waals surface area contributed by atoms with Crippen molar-refractivity contribution in [1.29, 1.82) is 0 Å². The van der Waals surface area contributed by atoms with Crippen LogP contribution < -0.4 is 0 Å². The molecule has 0 aromatic carbocycles. The zero-order chi connectivity index (χ0) is 15.6. The van der Waals surface area contributed by atoms with Gasteiger partial charge in [0.15, 0.2) is 0 Å². The van der Waals surface area contributed by atoms with Gasteiger partial charge in [0.25, 0.3) is 0 Å². The van der Waals surface area contributed by atoms with Crippen LogP contribution in [0.25, 0.3) is 0 Å². The number of allylic oxidation sites excluding steroid dienone is 2. The molecule has 0 radical (unpaired) electrons. The van der Waals surface area contributed by atoms with E-state index in [2.05, 4.69) is 19.1 Å². The Labute approximate surface area is 136 Å². The van der Waals surface area contributed by atoms with Gasteiger partial charge in [-0.3, -0.25) is 4.79 Å². The van der Waals surface area contributed by atoms with Crippen LogP contribution in [-0.2, 0) is 9.53 Å². The van der Waals surface area contributed by atoms with Crippen molar-refractivity contribution >= 4 is 5.97 Å². The molecule has 3 atom stereocenters. The Morgan fingerprint density at radius 1 is 0.909 bits per heavy atom. The van der Waals surface area contributed by atoms with Gasteiger partial charge in [0.2, 0.25) is 0 Å². The maximum absolute atomic E-state index is 12.0. The van der Waals surface area contributed by atoms with Crippen molar-refractivity contribution in [2.24, 2.45) is 17.8 Å². The molecule has 0 aliphatic heterocycles. The fraction of sp³-hybridized carbons (Fsp3) is 0.850. The van der Waals surface area contributed by atoms with Crippen LogP contribution in [0.3, 0.4) is 0 Å². The molecule has 2 rings (SSSR count). The molecule has 0 heterocycles. The summed E-state index contributed by atoms with van der Waals surface area (Å²) in [6, 6.07) is 0. The molecule has 0 aromatic rings. The molecule has 126 valence electrons. The van der Waals surface area contributed by atoms with E-state index in [1.54, 1.807) is 0 Å². The van der Waals surface area contributed by atoms with E-state index in [1.165, 1.54) is 64.2 Å². The van der Waals surface area contributed by atoms with E-state index >= 15 is 0 Å². The Kier molecular flexibility index (Phi) is 8.04. The molecule has 2 bridgehead atoms. The summed E-state index contributed by atoms with van der Waals surface area (Å²) >= 11 is 0. The lowest BCUT2D eigenvalue weighted by molar-refractivity contribution is -0.149. The van der Waals surface area contributed by atoms with Gasteiger partial charge in [-0.05, 0) is 31.1 Å². The molecule has 1 unspecified atom stereocenters. The van der Waals surface area contributed by atoms with Crippen LogP contribution in [-0.4, -0.2) is 12.6 Å². The fourth-order valence-electron chi connectivity index (χ4n) is 3.92. The zero-order valence-electron chi connectivity index (χ0n) is 14.4. The Morgan fingerprint density at radius 2 is 1.55 bits per heavy atom. The number of fused-ring (bicyclic) bond motifs is 2. The molecule has 2 aliphatic rings. The average Bonchev–Trinajstić information content (AvgIpc) is 3.15. The van der Waals surface area contributed by atoms with Crippen LogP contribution >= 0.6 is 0 Å². The van der Waals surface area contributed by atoms with Crippen LogP contribution in [0, 0.1) is 17.8 Å². The van der Waals surface area contributed by atoms with Crippen molar-refractivity contribution in [3.8, 4) is 0 Å². The van der Waals surface area contributed by atoms with E-state index in [-0.39, 0.29) is 11.9 Å². The van der Waals surface area contributed by atoms with Crippen molar-refractivity contribution < 1.29 is 9.53 Å². The molecule has 0 N–H and O–H groups in total. The monoisotopic (exact) mass is 306 g/mol. The Bertz CT molecular complexity index is 348. The summed E-state index contributed by atoms with van der Waals surface area (Å²) in [5.41, 5.74) is 0. The van der Waals surface area contributed by atoms with Crippen molar-refractivity contribution in [2.75, 3.05) is 6.61 Å². The van der Waals surface area contributed by atoms with Crippen molar-refractivity contribution in [2.45, 2.75) is 84.0 Å². The lowest BCUT2D eigenvalue weighted by Gasteiger charge is -2.16. The topological polar surface area (TPSA) is 26.3 Å². The highest BCUT2D eigenvalue weighted by Crippen LogP contribution is 2.43. The van der Waals surface area contributed by atoms with E-state index in [4.69, 9.17) is 4.74 Å². The highest BCUT2D eigenvalue weighted by atomic mass is 16.5. The first-order valence-electron chi connectivity index (χ1n) is 9.66. The van der Waals surface area contributed by atoms with Crippen molar-refractivity contribution in [1.82, 2.24) is 0 Å². The second-order valence-corrected chi connectivity index (χ2v) is 7.24. The van der Waals surface area contributed by atoms with Gasteiger partial charge in [0.1, 0.15) is 0 Å². The molecule has 2 aliphatic carbocycles. The van der Waals surface area contributed by atoms with Crippen LogP contribution in [0.1, 0.15) is 84.0 Å². The fourth-order valence-corrected chi connectivity index (χ4v) is 3.92. The molecule has 0 spiro atoms. The second-order valence-electron chi connectivity index (χ2n) is 7.24. The standard InChI is InChI=1S/C20H34O2/c1-2-3-4-5-6-7-8-9-10-11-14-22-20(21)19-16-17-12-13-18(19)15-17/h12-13,17-19H,2-11,14-16H2,1H3/t17-,18+,19?/m1/s1. The Hall–Kier alpha value is -0.790. The normalized spacial score (nSPS) is 25.8. The number of unbranched alkanes of at least 4 members (excludes halogenated alkanes) is 9. The number of carbonyl (C=O) groups excluding carboxylic acids is 1. The zero-order valence-corrected chi connectivity index (χ0v) is 14.4. The predicted octanol–water partition coefficient (Wildman–Crippen LogP) is 5.66. The molecule has 2 heteroatoms. The smallest absolute Gasteiger partial charge is 0.309 e. The maximum atomic E-state index is 12.0. The van der Waals surface area contributed by atoms with Crippen LogP contribution in [0.15, 0.2) is 12.2 Å². The summed E-state index contributed by atoms with van der Waals surface area (Å²) in [5, 5.41) is 0. The minimum Gasteiger partial charge on any atom is -0.465 e. The van der Waals surface area contributed by atoms with E-state index in [0.717, 1.165) is 12.8 Å². The molecule has 1 fully saturated rings. The maximum Gasteiger partial charge on any atom is 0.309 e. The van der Waals surface area contributed by atoms with E-state index in [9.17, 15) is 4.79 Å². The van der Waals surface area contributed by atoms with Crippen LogP contribution in [0.2, 0.25) is 0 Å². The first kappa shape index (κ1) is 17.6. The molecular formula is C20H34O2. The van der Waals surface area contributed by atoms with Crippen LogP contribution in [0.5, 0.6) is 0 Å². The summed E-state index contributed by atoms with van der Waals surface area (Å²) in [5.74, 6) is 1.36. The van der Waals surface area contributed by atoms with E-state index in [0.29, 0.717) is 18.4 Å². The minimum atomic E-state index is 0.0628. The average molecular weight is 306 g/mol. The van der Waals surface area contributed by atoms with Gasteiger partial charge in [-0.1, -0.05) is 76.9 Å². The summed E-state index contributed by atoms with van der Waals surface area (Å²) < 4.78 is 5.48. The number of esters is 1. The molecule has 0 amide bonds. The summed E-state index contributed by atoms with van der Waals surface area (Å²) in [6.45, 7) is 2.90. The summed E-state index contributed by atoms with van der Waals surface area (Å²) in [6.07, 6.45) is 19.9. The number of hydrogen-bond donors (Lipinski definition) is 0. The molecule has 1 saturated carbocycles. The molecule has 0 aromatic heterocycles. The molecular weight excluding hydrogens is 272 g/mol. The van der Waals surface area contributed by atoms with Crippen molar-refractivity contribution in [3.63, 3.8) is 0 Å². The quantitative estimate of drug-likeness (QED) is 0.264. The lowest BCUT2D eigenvalue weighted by Crippen LogP contribution is -2.21. The van der Waals surface area contributed by atoms with Gasteiger partial charge >= 0.3 is 5.97 Å². The largest absolute Gasteiger partial charge is 0.465 e. The van der Waals surface area contributed by atoms with Gasteiger partial charge in [0, 0.05) is 0 Å². The number of carbonyl (C=O) groups is 1. The van der Waals surface area contributed by atoms with Gasteiger partial charge in [0.05, 0.1) is 12.5 Å².